The summed E-state index contributed by atoms with van der Waals surface area (Å²) in [6, 6.07) is 13.6. The molecule has 0 fully saturated rings. The summed E-state index contributed by atoms with van der Waals surface area (Å²) < 4.78 is 5.33. The highest BCUT2D eigenvalue weighted by molar-refractivity contribution is 6.21. The van der Waals surface area contributed by atoms with Crippen molar-refractivity contribution in [2.45, 2.75) is 44.8 Å². The third-order valence-electron chi connectivity index (χ3n) is 5.16. The molecule has 1 aliphatic heterocycles. The molecule has 0 atom stereocenters. The number of fused-ring (bicyclic) bond motifs is 2. The van der Waals surface area contributed by atoms with E-state index in [4.69, 9.17) is 9.57 Å². The zero-order valence-corrected chi connectivity index (χ0v) is 17.4. The number of alkyl carbamates (subject to hydrolysis) is 1. The van der Waals surface area contributed by atoms with Gasteiger partial charge in [0.1, 0.15) is 5.60 Å². The van der Waals surface area contributed by atoms with E-state index in [9.17, 15) is 19.2 Å². The standard InChI is InChI=1S/C23H22N2O6/c1-22(2,3)30-21(29)24-23(12-14-8-4-5-9-15(14)13-23)20(28)31-25-18(26)16-10-6-7-11-17(16)19(25)27/h4-11H,12-13H2,1-3H3,(H,24,29). The van der Waals surface area contributed by atoms with Crippen molar-refractivity contribution in [3.8, 4) is 0 Å². The van der Waals surface area contributed by atoms with Crippen LogP contribution in [0, 0.1) is 0 Å². The first kappa shape index (κ1) is 20.6. The maximum absolute atomic E-state index is 13.3. The van der Waals surface area contributed by atoms with E-state index in [2.05, 4.69) is 5.32 Å². The van der Waals surface area contributed by atoms with Crippen LogP contribution in [0.5, 0.6) is 0 Å². The quantitative estimate of drug-likeness (QED) is 0.764. The van der Waals surface area contributed by atoms with E-state index in [0.717, 1.165) is 11.1 Å². The Morgan fingerprint density at radius 2 is 1.39 bits per heavy atom. The second kappa shape index (κ2) is 7.23. The maximum atomic E-state index is 13.3. The summed E-state index contributed by atoms with van der Waals surface area (Å²) in [6.07, 6.45) is -0.505. The van der Waals surface area contributed by atoms with Crippen LogP contribution in [0.25, 0.3) is 0 Å². The monoisotopic (exact) mass is 422 g/mol. The van der Waals surface area contributed by atoms with E-state index in [1.165, 1.54) is 12.1 Å². The molecule has 0 aromatic heterocycles. The van der Waals surface area contributed by atoms with Crippen molar-refractivity contribution in [2.24, 2.45) is 0 Å². The van der Waals surface area contributed by atoms with Crippen molar-refractivity contribution >= 4 is 23.9 Å². The Bertz CT molecular complexity index is 1040. The molecule has 8 nitrogen and oxygen atoms in total. The van der Waals surface area contributed by atoms with Gasteiger partial charge in [-0.25, -0.2) is 9.59 Å². The van der Waals surface area contributed by atoms with Crippen LogP contribution in [0.2, 0.25) is 0 Å². The second-order valence-electron chi connectivity index (χ2n) is 8.66. The summed E-state index contributed by atoms with van der Waals surface area (Å²) in [4.78, 5) is 56.3. The van der Waals surface area contributed by atoms with Gasteiger partial charge >= 0.3 is 12.1 Å². The number of imide groups is 1. The molecule has 4 rings (SSSR count). The molecule has 0 saturated carbocycles. The summed E-state index contributed by atoms with van der Waals surface area (Å²) in [6.45, 7) is 5.12. The Morgan fingerprint density at radius 1 is 0.903 bits per heavy atom. The van der Waals surface area contributed by atoms with Crippen molar-refractivity contribution in [1.82, 2.24) is 10.4 Å². The zero-order chi connectivity index (χ0) is 22.4. The van der Waals surface area contributed by atoms with Crippen molar-refractivity contribution < 1.29 is 28.8 Å². The highest BCUT2D eigenvalue weighted by Gasteiger charge is 2.50. The minimum atomic E-state index is -1.51. The number of hydrogen-bond acceptors (Lipinski definition) is 6. The first-order valence-corrected chi connectivity index (χ1v) is 9.88. The third kappa shape index (κ3) is 3.76. The smallest absolute Gasteiger partial charge is 0.408 e. The first-order chi connectivity index (χ1) is 14.6. The molecule has 0 spiro atoms. The number of carbonyl (C=O) groups excluding carboxylic acids is 4. The first-order valence-electron chi connectivity index (χ1n) is 9.88. The number of nitrogens with zero attached hydrogens (tertiary/aromatic N) is 1. The minimum absolute atomic E-state index is 0.143. The topological polar surface area (TPSA) is 102 Å². The van der Waals surface area contributed by atoms with E-state index in [1.807, 2.05) is 24.3 Å². The van der Waals surface area contributed by atoms with Crippen molar-refractivity contribution in [1.29, 1.82) is 0 Å². The van der Waals surface area contributed by atoms with Crippen molar-refractivity contribution in [3.63, 3.8) is 0 Å². The van der Waals surface area contributed by atoms with Crippen molar-refractivity contribution in [3.05, 3.63) is 70.8 Å². The number of nitrogens with one attached hydrogen (secondary N) is 1. The van der Waals surface area contributed by atoms with Crippen molar-refractivity contribution in [2.75, 3.05) is 0 Å². The van der Waals surface area contributed by atoms with E-state index in [1.54, 1.807) is 32.9 Å². The number of hydrogen-bond donors (Lipinski definition) is 1. The Balaban J connectivity index is 1.61. The molecule has 2 aromatic rings. The molecule has 2 aromatic carbocycles. The molecule has 0 radical (unpaired) electrons. The van der Waals surface area contributed by atoms with E-state index < -0.39 is 35.0 Å². The lowest BCUT2D eigenvalue weighted by Crippen LogP contribution is -2.58. The minimum Gasteiger partial charge on any atom is -0.444 e. The van der Waals surface area contributed by atoms with Crippen LogP contribution in [0.15, 0.2) is 48.5 Å². The average molecular weight is 422 g/mol. The molecule has 1 N–H and O–H groups in total. The third-order valence-corrected chi connectivity index (χ3v) is 5.16. The van der Waals surface area contributed by atoms with Gasteiger partial charge in [-0.15, -0.1) is 0 Å². The predicted octanol–water partition coefficient (Wildman–Crippen LogP) is 2.80. The average Bonchev–Trinajstić information content (AvgIpc) is 3.18. The number of carbonyl (C=O) groups is 4. The Kier molecular flexibility index (Phi) is 4.80. The lowest BCUT2D eigenvalue weighted by atomic mass is 9.96. The molecule has 8 heteroatoms. The van der Waals surface area contributed by atoms with Gasteiger partial charge < -0.3 is 14.9 Å². The molecule has 0 unspecified atom stereocenters. The molecular weight excluding hydrogens is 400 g/mol. The fourth-order valence-corrected chi connectivity index (χ4v) is 3.82. The summed E-state index contributed by atoms with van der Waals surface area (Å²) in [7, 11) is 0. The molecule has 3 amide bonds. The number of amides is 3. The normalized spacial score (nSPS) is 16.5. The van der Waals surface area contributed by atoms with Crippen LogP contribution in [-0.2, 0) is 27.2 Å². The number of rotatable bonds is 3. The van der Waals surface area contributed by atoms with Gasteiger partial charge in [0.25, 0.3) is 11.8 Å². The molecule has 1 aliphatic carbocycles. The lowest BCUT2D eigenvalue weighted by Gasteiger charge is -2.30. The van der Waals surface area contributed by atoms with E-state index in [0.29, 0.717) is 5.06 Å². The lowest BCUT2D eigenvalue weighted by molar-refractivity contribution is -0.176. The number of benzene rings is 2. The SMILES string of the molecule is CC(C)(C)OC(=O)NC1(C(=O)ON2C(=O)c3ccccc3C2=O)Cc2ccccc2C1. The van der Waals surface area contributed by atoms with Crippen LogP contribution in [0.1, 0.15) is 52.6 Å². The highest BCUT2D eigenvalue weighted by Crippen LogP contribution is 2.33. The Labute approximate surface area is 179 Å². The van der Waals surface area contributed by atoms with Gasteiger partial charge in [-0.05, 0) is 44.0 Å². The predicted molar refractivity (Wildman–Crippen MR) is 109 cm³/mol. The maximum Gasteiger partial charge on any atom is 0.408 e. The zero-order valence-electron chi connectivity index (χ0n) is 17.4. The summed E-state index contributed by atoms with van der Waals surface area (Å²) >= 11 is 0. The van der Waals surface area contributed by atoms with Crippen LogP contribution >= 0.6 is 0 Å². The van der Waals surface area contributed by atoms with E-state index >= 15 is 0 Å². The van der Waals surface area contributed by atoms with Crippen LogP contribution in [0.4, 0.5) is 4.79 Å². The van der Waals surface area contributed by atoms with Gasteiger partial charge in [-0.3, -0.25) is 9.59 Å². The number of ether oxygens (including phenoxy) is 1. The molecule has 2 aliphatic rings. The fraction of sp³-hybridized carbons (Fsp3) is 0.304. The van der Waals surface area contributed by atoms with Crippen LogP contribution in [0.3, 0.4) is 0 Å². The Hall–Kier alpha value is -3.68. The summed E-state index contributed by atoms with van der Waals surface area (Å²) in [5.41, 5.74) is -0.256. The molecule has 31 heavy (non-hydrogen) atoms. The molecular formula is C23H22N2O6. The van der Waals surface area contributed by atoms with Gasteiger partial charge in [0, 0.05) is 12.8 Å². The molecule has 0 saturated heterocycles. The second-order valence-corrected chi connectivity index (χ2v) is 8.66. The highest BCUT2D eigenvalue weighted by atomic mass is 16.7. The van der Waals surface area contributed by atoms with E-state index in [-0.39, 0.29) is 24.0 Å². The fourth-order valence-electron chi connectivity index (χ4n) is 3.82. The summed E-state index contributed by atoms with van der Waals surface area (Å²) in [5, 5.41) is 3.09. The van der Waals surface area contributed by atoms with Gasteiger partial charge in [0.05, 0.1) is 11.1 Å². The van der Waals surface area contributed by atoms with Crippen LogP contribution in [-0.4, -0.2) is 40.1 Å². The van der Waals surface area contributed by atoms with Gasteiger partial charge in [-0.2, -0.15) is 0 Å². The van der Waals surface area contributed by atoms with Gasteiger partial charge in [-0.1, -0.05) is 41.5 Å². The molecule has 160 valence electrons. The van der Waals surface area contributed by atoms with Gasteiger partial charge in [0.2, 0.25) is 0 Å². The Morgan fingerprint density at radius 3 is 1.87 bits per heavy atom. The number of hydroxylamine groups is 2. The largest absolute Gasteiger partial charge is 0.444 e. The van der Waals surface area contributed by atoms with Crippen LogP contribution < -0.4 is 5.32 Å². The molecule has 0 bridgehead atoms. The molecule has 1 heterocycles. The summed E-state index contributed by atoms with van der Waals surface area (Å²) in [5.74, 6) is -2.36. The van der Waals surface area contributed by atoms with Gasteiger partial charge in [0.15, 0.2) is 5.54 Å².